The molecule has 0 unspecified atom stereocenters. The predicted octanol–water partition coefficient (Wildman–Crippen LogP) is 7.97. The lowest BCUT2D eigenvalue weighted by molar-refractivity contribution is 0.0893. The average molecular weight is 379 g/mol. The summed E-state index contributed by atoms with van der Waals surface area (Å²) in [5.41, 5.74) is 5.32. The molecule has 154 valence electrons. The molecule has 5 rings (SSSR count). The molecule has 8 atom stereocenters. The van der Waals surface area contributed by atoms with E-state index >= 15 is 0 Å². The zero-order valence-corrected chi connectivity index (χ0v) is 19.2. The molecule has 0 heterocycles. The molecule has 0 radical (unpaired) electrons. The third kappa shape index (κ3) is 2.36. The second kappa shape index (κ2) is 6.12. The smallest absolute Gasteiger partial charge is 0.00239 e. The number of hydrogen-bond acceptors (Lipinski definition) is 0. The third-order valence-corrected chi connectivity index (χ3v) is 10.9. The van der Waals surface area contributed by atoms with Crippen molar-refractivity contribution in [3.63, 3.8) is 0 Å². The van der Waals surface area contributed by atoms with Crippen LogP contribution in [0.4, 0.5) is 0 Å². The third-order valence-electron chi connectivity index (χ3n) is 10.9. The first-order valence-corrected chi connectivity index (χ1v) is 12.3. The molecule has 28 heavy (non-hydrogen) atoms. The summed E-state index contributed by atoms with van der Waals surface area (Å²) in [6.07, 6.45) is 20.5. The highest BCUT2D eigenvalue weighted by atomic mass is 14.7. The first kappa shape index (κ1) is 19.2. The predicted molar refractivity (Wildman–Crippen MR) is 120 cm³/mol. The van der Waals surface area contributed by atoms with Crippen molar-refractivity contribution in [3.8, 4) is 0 Å². The maximum absolute atomic E-state index is 2.70. The fraction of sp³-hybridized carbons (Fsp3) is 0.786. The van der Waals surface area contributed by atoms with E-state index in [9.17, 15) is 0 Å². The molecule has 5 aliphatic carbocycles. The maximum atomic E-state index is 2.70. The Morgan fingerprint density at radius 3 is 2.50 bits per heavy atom. The van der Waals surface area contributed by atoms with Crippen molar-refractivity contribution in [2.24, 2.45) is 51.8 Å². The Hall–Kier alpha value is -0.780. The Labute approximate surface area is 173 Å². The summed E-state index contributed by atoms with van der Waals surface area (Å²) in [7, 11) is 0. The topological polar surface area (TPSA) is 0 Å². The van der Waals surface area contributed by atoms with Crippen LogP contribution < -0.4 is 0 Å². The van der Waals surface area contributed by atoms with E-state index in [2.05, 4.69) is 65.8 Å². The summed E-state index contributed by atoms with van der Waals surface area (Å²) in [4.78, 5) is 0. The van der Waals surface area contributed by atoms with Gasteiger partial charge in [0.25, 0.3) is 0 Å². The minimum atomic E-state index is 0.448. The Morgan fingerprint density at radius 2 is 1.79 bits per heavy atom. The summed E-state index contributed by atoms with van der Waals surface area (Å²) in [6, 6.07) is 0. The van der Waals surface area contributed by atoms with E-state index in [0.717, 1.165) is 23.7 Å². The van der Waals surface area contributed by atoms with Gasteiger partial charge in [-0.2, -0.15) is 0 Å². The first-order chi connectivity index (χ1) is 13.2. The van der Waals surface area contributed by atoms with Gasteiger partial charge >= 0.3 is 0 Å². The summed E-state index contributed by atoms with van der Waals surface area (Å²) in [6.45, 7) is 14.9. The second-order valence-electron chi connectivity index (χ2n) is 12.2. The molecule has 5 aliphatic rings. The van der Waals surface area contributed by atoms with Crippen LogP contribution in [0.15, 0.2) is 35.5 Å². The normalized spacial score (nSPS) is 48.5. The molecule has 3 saturated carbocycles. The number of hydrogen-bond donors (Lipinski definition) is 0. The van der Waals surface area contributed by atoms with Gasteiger partial charge in [0, 0.05) is 0 Å². The zero-order chi connectivity index (χ0) is 19.9. The van der Waals surface area contributed by atoms with E-state index < -0.39 is 0 Å². The quantitative estimate of drug-likeness (QED) is 0.435. The second-order valence-corrected chi connectivity index (χ2v) is 12.2. The van der Waals surface area contributed by atoms with Gasteiger partial charge in [-0.3, -0.25) is 0 Å². The van der Waals surface area contributed by atoms with Gasteiger partial charge in [-0.05, 0) is 102 Å². The number of rotatable bonds is 4. The molecule has 0 aromatic rings. The van der Waals surface area contributed by atoms with Crippen molar-refractivity contribution >= 4 is 0 Å². The molecule has 0 bridgehead atoms. The van der Waals surface area contributed by atoms with Crippen molar-refractivity contribution in [1.82, 2.24) is 0 Å². The van der Waals surface area contributed by atoms with Crippen LogP contribution in [-0.2, 0) is 0 Å². The molecule has 0 saturated heterocycles. The van der Waals surface area contributed by atoms with Crippen LogP contribution in [0.3, 0.4) is 0 Å². The van der Waals surface area contributed by atoms with E-state index in [0.29, 0.717) is 28.1 Å². The Bertz CT molecular complexity index is 750. The molecule has 0 nitrogen and oxygen atoms in total. The Morgan fingerprint density at radius 1 is 1.00 bits per heavy atom. The van der Waals surface area contributed by atoms with Gasteiger partial charge in [-0.1, -0.05) is 71.4 Å². The first-order valence-electron chi connectivity index (χ1n) is 12.3. The summed E-state index contributed by atoms with van der Waals surface area (Å²) >= 11 is 0. The van der Waals surface area contributed by atoms with Gasteiger partial charge in [0.2, 0.25) is 0 Å². The van der Waals surface area contributed by atoms with Crippen LogP contribution >= 0.6 is 0 Å². The van der Waals surface area contributed by atoms with Crippen molar-refractivity contribution in [2.75, 3.05) is 0 Å². The van der Waals surface area contributed by atoms with Gasteiger partial charge in [-0.15, -0.1) is 0 Å². The number of fused-ring (bicyclic) bond motifs is 3. The van der Waals surface area contributed by atoms with E-state index in [4.69, 9.17) is 0 Å². The standard InChI is InChI=1S/C28H42/c1-18(2)19(3)7-8-20(4)23-9-10-24-22-12-16-28-17-21(28)11-15-27(28,6)25(22)13-14-26(23,24)5/h7-8,12,16,18-21,23,25H,9-11,13-15,17H2,1-6H3/b8-7-/t19-,20+,21+,23+,25-,26+,27-,28+/m1/s1. The lowest BCUT2D eigenvalue weighted by Crippen LogP contribution is -2.42. The molecule has 0 amide bonds. The van der Waals surface area contributed by atoms with E-state index in [1.807, 2.05) is 11.1 Å². The largest absolute Gasteiger partial charge is 0.0852 e. The van der Waals surface area contributed by atoms with Crippen molar-refractivity contribution in [2.45, 2.75) is 86.5 Å². The lowest BCUT2D eigenvalue weighted by atomic mass is 9.53. The highest BCUT2D eigenvalue weighted by Gasteiger charge is 2.71. The summed E-state index contributed by atoms with van der Waals surface area (Å²) in [5.74, 6) is 4.86. The van der Waals surface area contributed by atoms with Crippen LogP contribution in [0.25, 0.3) is 0 Å². The van der Waals surface area contributed by atoms with Gasteiger partial charge < -0.3 is 0 Å². The highest BCUT2D eigenvalue weighted by molar-refractivity contribution is 5.46. The molecule has 0 aliphatic heterocycles. The Kier molecular flexibility index (Phi) is 4.19. The van der Waals surface area contributed by atoms with Crippen LogP contribution in [0, 0.1) is 51.8 Å². The van der Waals surface area contributed by atoms with Crippen molar-refractivity contribution in [3.05, 3.63) is 35.5 Å². The SMILES string of the molecule is CC(C)[C@H](C)/C=C\[C@H](C)[C@@H]1CCC2=C3C=C[C@]45C[C@@H]4CC[C@]5(C)[C@@H]3CC[C@]21C. The average Bonchev–Trinajstić information content (AvgIpc) is 3.14. The highest BCUT2D eigenvalue weighted by Crippen LogP contribution is 2.79. The molecular weight excluding hydrogens is 336 g/mol. The lowest BCUT2D eigenvalue weighted by Gasteiger charge is -2.51. The maximum Gasteiger partial charge on any atom is -0.00239 e. The van der Waals surface area contributed by atoms with Gasteiger partial charge in [0.15, 0.2) is 0 Å². The van der Waals surface area contributed by atoms with Crippen LogP contribution in [0.5, 0.6) is 0 Å². The van der Waals surface area contributed by atoms with Gasteiger partial charge in [-0.25, -0.2) is 0 Å². The van der Waals surface area contributed by atoms with E-state index in [1.165, 1.54) is 44.9 Å². The van der Waals surface area contributed by atoms with Crippen molar-refractivity contribution < 1.29 is 0 Å². The molecular formula is C28H42. The molecule has 0 aromatic heterocycles. The minimum absolute atomic E-state index is 0.448. The Balaban J connectivity index is 1.45. The molecule has 0 N–H and O–H groups in total. The molecule has 0 aromatic carbocycles. The summed E-state index contributed by atoms with van der Waals surface area (Å²) < 4.78 is 0. The fourth-order valence-corrected chi connectivity index (χ4v) is 8.42. The summed E-state index contributed by atoms with van der Waals surface area (Å²) in [5, 5.41) is 0. The molecule has 1 spiro atoms. The van der Waals surface area contributed by atoms with Gasteiger partial charge in [0.1, 0.15) is 0 Å². The van der Waals surface area contributed by atoms with Gasteiger partial charge in [0.05, 0.1) is 0 Å². The molecule has 3 fully saturated rings. The minimum Gasteiger partial charge on any atom is -0.0852 e. The van der Waals surface area contributed by atoms with Crippen LogP contribution in [0.2, 0.25) is 0 Å². The van der Waals surface area contributed by atoms with Crippen LogP contribution in [-0.4, -0.2) is 0 Å². The zero-order valence-electron chi connectivity index (χ0n) is 19.2. The number of allylic oxidation sites excluding steroid dienone is 6. The van der Waals surface area contributed by atoms with Crippen molar-refractivity contribution in [1.29, 1.82) is 0 Å². The van der Waals surface area contributed by atoms with E-state index in [-0.39, 0.29) is 0 Å². The monoisotopic (exact) mass is 378 g/mol. The van der Waals surface area contributed by atoms with Crippen LogP contribution in [0.1, 0.15) is 86.5 Å². The van der Waals surface area contributed by atoms with E-state index in [1.54, 1.807) is 0 Å². The molecule has 0 heteroatoms. The fourth-order valence-electron chi connectivity index (χ4n) is 8.42.